The Morgan fingerprint density at radius 3 is 2.71 bits per heavy atom. The molecule has 0 bridgehead atoms. The molecule has 0 aliphatic carbocycles. The summed E-state index contributed by atoms with van der Waals surface area (Å²) in [6.45, 7) is 5.04. The summed E-state index contributed by atoms with van der Waals surface area (Å²) in [5, 5.41) is 0. The van der Waals surface area contributed by atoms with Gasteiger partial charge in [-0.25, -0.2) is 8.42 Å². The van der Waals surface area contributed by atoms with Crippen LogP contribution in [0.1, 0.15) is 32.3 Å². The number of sulfone groups is 1. The molecule has 0 N–H and O–H groups in total. The highest BCUT2D eigenvalue weighted by molar-refractivity contribution is 8.26. The molecule has 0 saturated carbocycles. The normalized spacial score (nSPS) is 22.9. The van der Waals surface area contributed by atoms with Crippen LogP contribution >= 0.6 is 24.0 Å². The first-order chi connectivity index (χ1) is 13.3. The van der Waals surface area contributed by atoms with Crippen LogP contribution in [0.25, 0.3) is 6.08 Å². The minimum absolute atomic E-state index is 0.0231. The number of ether oxygens (including phenoxy) is 2. The van der Waals surface area contributed by atoms with Crippen LogP contribution in [0.5, 0.6) is 11.5 Å². The molecular weight excluding hydrogens is 418 g/mol. The number of amides is 1. The highest BCUT2D eigenvalue weighted by atomic mass is 32.2. The van der Waals surface area contributed by atoms with Gasteiger partial charge in [0.25, 0.3) is 5.91 Å². The Bertz CT molecular complexity index is 910. The lowest BCUT2D eigenvalue weighted by Crippen LogP contribution is -2.39. The number of benzene rings is 1. The van der Waals surface area contributed by atoms with E-state index < -0.39 is 9.84 Å². The molecule has 3 rings (SSSR count). The zero-order chi connectivity index (χ0) is 20.3. The van der Waals surface area contributed by atoms with Gasteiger partial charge < -0.3 is 9.47 Å². The maximum absolute atomic E-state index is 12.8. The number of nitrogens with zero attached hydrogens (tertiary/aromatic N) is 1. The molecule has 6 nitrogen and oxygen atoms in total. The van der Waals surface area contributed by atoms with E-state index in [2.05, 4.69) is 0 Å². The summed E-state index contributed by atoms with van der Waals surface area (Å²) in [5.74, 6) is 1.14. The van der Waals surface area contributed by atoms with Crippen molar-refractivity contribution >= 4 is 50.1 Å². The van der Waals surface area contributed by atoms with E-state index in [1.807, 2.05) is 32.0 Å². The highest BCUT2D eigenvalue weighted by Crippen LogP contribution is 2.37. The molecule has 0 spiro atoms. The zero-order valence-corrected chi connectivity index (χ0v) is 18.3. The number of carbonyl (C=O) groups excluding carboxylic acids is 1. The molecule has 1 amide bonds. The molecule has 0 radical (unpaired) electrons. The highest BCUT2D eigenvalue weighted by Gasteiger charge is 2.42. The SMILES string of the molecule is CCCOc1ccc(/C=C2\SC(=S)N([C@@H]3CCS(=O)(=O)C3)C2=O)cc1OCC. The van der Waals surface area contributed by atoms with Gasteiger partial charge in [0, 0.05) is 0 Å². The Balaban J connectivity index is 1.82. The van der Waals surface area contributed by atoms with Gasteiger partial charge in [0.1, 0.15) is 4.32 Å². The molecule has 2 heterocycles. The zero-order valence-electron chi connectivity index (χ0n) is 15.8. The van der Waals surface area contributed by atoms with Gasteiger partial charge >= 0.3 is 0 Å². The molecule has 9 heteroatoms. The van der Waals surface area contributed by atoms with E-state index in [-0.39, 0.29) is 23.5 Å². The summed E-state index contributed by atoms with van der Waals surface area (Å²) < 4.78 is 35.3. The van der Waals surface area contributed by atoms with Crippen molar-refractivity contribution in [2.75, 3.05) is 24.7 Å². The first-order valence-corrected chi connectivity index (χ1v) is 12.3. The number of thioether (sulfide) groups is 1. The molecule has 2 aliphatic heterocycles. The van der Waals surface area contributed by atoms with Crippen molar-refractivity contribution in [2.24, 2.45) is 0 Å². The van der Waals surface area contributed by atoms with Crippen LogP contribution in [0, 0.1) is 0 Å². The number of hydrogen-bond donors (Lipinski definition) is 0. The molecule has 152 valence electrons. The van der Waals surface area contributed by atoms with Gasteiger partial charge in [-0.1, -0.05) is 37.0 Å². The van der Waals surface area contributed by atoms with Crippen molar-refractivity contribution in [2.45, 2.75) is 32.7 Å². The van der Waals surface area contributed by atoms with Crippen LogP contribution in [0.4, 0.5) is 0 Å². The summed E-state index contributed by atoms with van der Waals surface area (Å²) in [6.07, 6.45) is 3.08. The maximum Gasteiger partial charge on any atom is 0.266 e. The van der Waals surface area contributed by atoms with Gasteiger partial charge in [-0.15, -0.1) is 0 Å². The molecule has 0 unspecified atom stereocenters. The van der Waals surface area contributed by atoms with Crippen LogP contribution < -0.4 is 9.47 Å². The molecule has 1 atom stereocenters. The molecule has 0 aromatic heterocycles. The molecule has 1 aromatic rings. The molecule has 28 heavy (non-hydrogen) atoms. The molecule has 2 fully saturated rings. The average molecular weight is 442 g/mol. The third kappa shape index (κ3) is 4.69. The van der Waals surface area contributed by atoms with Crippen molar-refractivity contribution in [1.82, 2.24) is 4.90 Å². The first-order valence-electron chi connectivity index (χ1n) is 9.21. The fourth-order valence-electron chi connectivity index (χ4n) is 3.14. The summed E-state index contributed by atoms with van der Waals surface area (Å²) >= 11 is 6.55. The largest absolute Gasteiger partial charge is 0.490 e. The van der Waals surface area contributed by atoms with Crippen molar-refractivity contribution in [3.63, 3.8) is 0 Å². The monoisotopic (exact) mass is 441 g/mol. The topological polar surface area (TPSA) is 72.9 Å². The smallest absolute Gasteiger partial charge is 0.266 e. The molecular formula is C19H23NO5S3. The Labute approximate surface area is 175 Å². The van der Waals surface area contributed by atoms with Gasteiger partial charge in [-0.3, -0.25) is 9.69 Å². The van der Waals surface area contributed by atoms with Crippen LogP contribution in [0.2, 0.25) is 0 Å². The van der Waals surface area contributed by atoms with Crippen LogP contribution in [0.15, 0.2) is 23.1 Å². The quantitative estimate of drug-likeness (QED) is 0.475. The molecule has 1 aromatic carbocycles. The lowest BCUT2D eigenvalue weighted by Gasteiger charge is -2.20. The summed E-state index contributed by atoms with van der Waals surface area (Å²) in [4.78, 5) is 14.8. The first kappa shape index (κ1) is 21.1. The van der Waals surface area contributed by atoms with E-state index >= 15 is 0 Å². The van der Waals surface area contributed by atoms with E-state index in [0.717, 1.165) is 12.0 Å². The Hall–Kier alpha value is -1.58. The second-order valence-electron chi connectivity index (χ2n) is 6.60. The van der Waals surface area contributed by atoms with Gasteiger partial charge in [-0.05, 0) is 43.5 Å². The Morgan fingerprint density at radius 2 is 2.07 bits per heavy atom. The van der Waals surface area contributed by atoms with Gasteiger partial charge in [0.15, 0.2) is 21.3 Å². The number of rotatable bonds is 7. The molecule has 2 aliphatic rings. The minimum atomic E-state index is -3.09. The summed E-state index contributed by atoms with van der Waals surface area (Å²) in [6, 6.07) is 5.16. The van der Waals surface area contributed by atoms with Crippen LogP contribution in [0.3, 0.4) is 0 Å². The van der Waals surface area contributed by atoms with Crippen molar-refractivity contribution < 1.29 is 22.7 Å². The third-order valence-electron chi connectivity index (χ3n) is 4.42. The summed E-state index contributed by atoms with van der Waals surface area (Å²) in [5.41, 5.74) is 0.798. The van der Waals surface area contributed by atoms with Gasteiger partial charge in [0.05, 0.1) is 35.7 Å². The fraction of sp³-hybridized carbons (Fsp3) is 0.474. The second-order valence-corrected chi connectivity index (χ2v) is 10.5. The number of thiocarbonyl (C=S) groups is 1. The Kier molecular flexibility index (Phi) is 6.67. The predicted octanol–water partition coefficient (Wildman–Crippen LogP) is 3.26. The minimum Gasteiger partial charge on any atom is -0.490 e. The van der Waals surface area contributed by atoms with E-state index in [1.54, 1.807) is 6.08 Å². The van der Waals surface area contributed by atoms with E-state index in [4.69, 9.17) is 21.7 Å². The van der Waals surface area contributed by atoms with E-state index in [1.165, 1.54) is 16.7 Å². The lowest BCUT2D eigenvalue weighted by molar-refractivity contribution is -0.123. The predicted molar refractivity (Wildman–Crippen MR) is 115 cm³/mol. The van der Waals surface area contributed by atoms with Crippen LogP contribution in [-0.4, -0.2) is 54.3 Å². The lowest BCUT2D eigenvalue weighted by atomic mass is 10.1. The number of hydrogen-bond acceptors (Lipinski definition) is 7. The van der Waals surface area contributed by atoms with Crippen molar-refractivity contribution in [3.8, 4) is 11.5 Å². The third-order valence-corrected chi connectivity index (χ3v) is 7.50. The van der Waals surface area contributed by atoms with Gasteiger partial charge in [0.2, 0.25) is 0 Å². The van der Waals surface area contributed by atoms with Gasteiger partial charge in [-0.2, -0.15) is 0 Å². The average Bonchev–Trinajstić information content (AvgIpc) is 3.13. The fourth-order valence-corrected chi connectivity index (χ4v) is 6.24. The van der Waals surface area contributed by atoms with Crippen molar-refractivity contribution in [3.05, 3.63) is 28.7 Å². The van der Waals surface area contributed by atoms with E-state index in [0.29, 0.717) is 40.4 Å². The van der Waals surface area contributed by atoms with Crippen molar-refractivity contribution in [1.29, 1.82) is 0 Å². The van der Waals surface area contributed by atoms with Crippen LogP contribution in [-0.2, 0) is 14.6 Å². The maximum atomic E-state index is 12.8. The Morgan fingerprint density at radius 1 is 1.29 bits per heavy atom. The number of carbonyl (C=O) groups is 1. The standard InChI is InChI=1S/C19H23NO5S3/c1-3-8-25-15-6-5-13(10-16(15)24-4-2)11-17-18(21)20(19(26)27-17)14-7-9-28(22,23)12-14/h5-6,10-11,14H,3-4,7-9,12H2,1-2H3/b17-11-/t14-/m1/s1. The van der Waals surface area contributed by atoms with E-state index in [9.17, 15) is 13.2 Å². The second kappa shape index (κ2) is 8.84. The molecule has 2 saturated heterocycles. The summed E-state index contributed by atoms with van der Waals surface area (Å²) in [7, 11) is -3.09.